The fourth-order valence-electron chi connectivity index (χ4n) is 1.99. The van der Waals surface area contributed by atoms with Crippen LogP contribution in [0.1, 0.15) is 5.56 Å². The van der Waals surface area contributed by atoms with Gasteiger partial charge in [-0.15, -0.1) is 5.11 Å². The monoisotopic (exact) mass is 251 g/mol. The molecule has 3 aromatic rings. The molecule has 4 nitrogen and oxygen atoms in total. The third-order valence-corrected chi connectivity index (χ3v) is 3.03. The molecule has 3 rings (SSSR count). The largest absolute Gasteiger partial charge is 0.493 e. The lowest BCUT2D eigenvalue weighted by molar-refractivity contribution is 0.459. The van der Waals surface area contributed by atoms with E-state index in [0.717, 1.165) is 22.2 Å². The standard InChI is InChI=1S/C15H13N3O/c1-10-6-2-4-8-12(10)17-18-14-11-7-3-5-9-13(11)16-15(14)19/h2-9,16,19H,1H3/b18-17+. The Morgan fingerprint density at radius 3 is 2.53 bits per heavy atom. The van der Waals surface area contributed by atoms with Crippen molar-refractivity contribution in [1.29, 1.82) is 0 Å². The second-order valence-electron chi connectivity index (χ2n) is 4.35. The summed E-state index contributed by atoms with van der Waals surface area (Å²) in [6.07, 6.45) is 0. The zero-order valence-corrected chi connectivity index (χ0v) is 10.5. The maximum absolute atomic E-state index is 9.87. The van der Waals surface area contributed by atoms with Gasteiger partial charge in [-0.1, -0.05) is 36.4 Å². The number of benzene rings is 2. The average molecular weight is 251 g/mol. The second kappa shape index (κ2) is 4.57. The lowest BCUT2D eigenvalue weighted by atomic mass is 10.2. The molecule has 0 saturated heterocycles. The van der Waals surface area contributed by atoms with Crippen molar-refractivity contribution >= 4 is 22.3 Å². The van der Waals surface area contributed by atoms with E-state index in [1.165, 1.54) is 0 Å². The molecule has 4 heteroatoms. The molecule has 1 aromatic heterocycles. The lowest BCUT2D eigenvalue weighted by Gasteiger charge is -1.96. The van der Waals surface area contributed by atoms with E-state index in [0.29, 0.717) is 5.69 Å². The fourth-order valence-corrected chi connectivity index (χ4v) is 1.99. The normalized spacial score (nSPS) is 11.4. The van der Waals surface area contributed by atoms with E-state index >= 15 is 0 Å². The molecule has 1 heterocycles. The van der Waals surface area contributed by atoms with E-state index in [-0.39, 0.29) is 5.88 Å². The Morgan fingerprint density at radius 2 is 1.68 bits per heavy atom. The van der Waals surface area contributed by atoms with Crippen molar-refractivity contribution in [2.75, 3.05) is 0 Å². The maximum Gasteiger partial charge on any atom is 0.218 e. The first-order valence-electron chi connectivity index (χ1n) is 6.03. The molecule has 0 spiro atoms. The van der Waals surface area contributed by atoms with Gasteiger partial charge in [-0.2, -0.15) is 5.11 Å². The van der Waals surface area contributed by atoms with E-state index in [1.807, 2.05) is 55.5 Å². The molecule has 94 valence electrons. The SMILES string of the molecule is Cc1ccccc1/N=N/c1c(O)[nH]c2ccccc12. The summed E-state index contributed by atoms with van der Waals surface area (Å²) in [5.74, 6) is 0.0403. The number of azo groups is 1. The fraction of sp³-hybridized carbons (Fsp3) is 0.0667. The highest BCUT2D eigenvalue weighted by atomic mass is 16.3. The van der Waals surface area contributed by atoms with Gasteiger partial charge < -0.3 is 10.1 Å². The molecule has 0 radical (unpaired) electrons. The van der Waals surface area contributed by atoms with Crippen molar-refractivity contribution in [1.82, 2.24) is 4.98 Å². The van der Waals surface area contributed by atoms with Crippen molar-refractivity contribution in [3.05, 3.63) is 54.1 Å². The molecule has 0 atom stereocenters. The first kappa shape index (κ1) is 11.5. The number of H-pyrrole nitrogens is 1. The van der Waals surface area contributed by atoms with Gasteiger partial charge in [0.05, 0.1) is 11.2 Å². The summed E-state index contributed by atoms with van der Waals surface area (Å²) >= 11 is 0. The highest BCUT2D eigenvalue weighted by molar-refractivity contribution is 5.94. The molecule has 0 saturated carbocycles. The van der Waals surface area contributed by atoms with Crippen LogP contribution in [0.5, 0.6) is 5.88 Å². The van der Waals surface area contributed by atoms with Crippen LogP contribution >= 0.6 is 0 Å². The first-order valence-corrected chi connectivity index (χ1v) is 6.03. The van der Waals surface area contributed by atoms with Crippen LogP contribution in [0, 0.1) is 6.92 Å². The Kier molecular flexibility index (Phi) is 2.76. The van der Waals surface area contributed by atoms with Crippen LogP contribution < -0.4 is 0 Å². The first-order chi connectivity index (χ1) is 9.25. The van der Waals surface area contributed by atoms with Crippen LogP contribution in [0.2, 0.25) is 0 Å². The third kappa shape index (κ3) is 2.08. The highest BCUT2D eigenvalue weighted by Crippen LogP contribution is 2.36. The minimum atomic E-state index is 0.0403. The smallest absolute Gasteiger partial charge is 0.218 e. The summed E-state index contributed by atoms with van der Waals surface area (Å²) in [7, 11) is 0. The quantitative estimate of drug-likeness (QED) is 0.642. The number of para-hydroxylation sites is 1. The number of nitrogens with one attached hydrogen (secondary N) is 1. The molecule has 0 aliphatic heterocycles. The van der Waals surface area contributed by atoms with Crippen molar-refractivity contribution in [2.45, 2.75) is 6.92 Å². The average Bonchev–Trinajstić information content (AvgIpc) is 2.74. The van der Waals surface area contributed by atoms with Gasteiger partial charge in [-0.25, -0.2) is 0 Å². The summed E-state index contributed by atoms with van der Waals surface area (Å²) in [4.78, 5) is 2.88. The Morgan fingerprint density at radius 1 is 0.947 bits per heavy atom. The molecule has 0 unspecified atom stereocenters. The zero-order chi connectivity index (χ0) is 13.2. The van der Waals surface area contributed by atoms with E-state index in [1.54, 1.807) is 0 Å². The topological polar surface area (TPSA) is 60.7 Å². The third-order valence-electron chi connectivity index (χ3n) is 3.03. The summed E-state index contributed by atoms with van der Waals surface area (Å²) < 4.78 is 0. The second-order valence-corrected chi connectivity index (χ2v) is 4.35. The lowest BCUT2D eigenvalue weighted by Crippen LogP contribution is -1.71. The number of aromatic amines is 1. The number of fused-ring (bicyclic) bond motifs is 1. The van der Waals surface area contributed by atoms with E-state index in [4.69, 9.17) is 0 Å². The van der Waals surface area contributed by atoms with Gasteiger partial charge in [-0.05, 0) is 24.6 Å². The van der Waals surface area contributed by atoms with Crippen molar-refractivity contribution in [3.8, 4) is 5.88 Å². The van der Waals surface area contributed by atoms with E-state index < -0.39 is 0 Å². The van der Waals surface area contributed by atoms with E-state index in [9.17, 15) is 5.11 Å². The maximum atomic E-state index is 9.87. The number of hydrogen-bond donors (Lipinski definition) is 2. The molecule has 0 aliphatic carbocycles. The molecule has 2 N–H and O–H groups in total. The van der Waals surface area contributed by atoms with Gasteiger partial charge in [0, 0.05) is 5.39 Å². The predicted molar refractivity (Wildman–Crippen MR) is 75.3 cm³/mol. The number of hydrogen-bond acceptors (Lipinski definition) is 3. The Bertz CT molecular complexity index is 759. The summed E-state index contributed by atoms with van der Waals surface area (Å²) in [5.41, 5.74) is 3.16. The minimum absolute atomic E-state index is 0.0403. The van der Waals surface area contributed by atoms with Gasteiger partial charge in [0.15, 0.2) is 5.69 Å². The van der Waals surface area contributed by atoms with Crippen LogP contribution in [0.4, 0.5) is 11.4 Å². The number of aryl methyl sites for hydroxylation is 1. The molecule has 0 amide bonds. The van der Waals surface area contributed by atoms with Gasteiger partial charge >= 0.3 is 0 Å². The molecular weight excluding hydrogens is 238 g/mol. The van der Waals surface area contributed by atoms with Crippen molar-refractivity contribution in [2.24, 2.45) is 10.2 Å². The van der Waals surface area contributed by atoms with Crippen LogP contribution in [0.25, 0.3) is 10.9 Å². The van der Waals surface area contributed by atoms with Crippen LogP contribution in [-0.2, 0) is 0 Å². The number of nitrogens with zero attached hydrogens (tertiary/aromatic N) is 2. The van der Waals surface area contributed by atoms with Gasteiger partial charge in [0.25, 0.3) is 0 Å². The number of aromatic nitrogens is 1. The number of aromatic hydroxyl groups is 1. The number of rotatable bonds is 2. The molecule has 2 aromatic carbocycles. The summed E-state index contributed by atoms with van der Waals surface area (Å²) in [6.45, 7) is 1.98. The van der Waals surface area contributed by atoms with Gasteiger partial charge in [-0.3, -0.25) is 0 Å². The molecule has 0 fully saturated rings. The van der Waals surface area contributed by atoms with Crippen LogP contribution in [-0.4, -0.2) is 10.1 Å². The van der Waals surface area contributed by atoms with Crippen LogP contribution in [0.15, 0.2) is 58.8 Å². The minimum Gasteiger partial charge on any atom is -0.493 e. The summed E-state index contributed by atoms with van der Waals surface area (Å²) in [6, 6.07) is 15.3. The molecule has 0 aliphatic rings. The Balaban J connectivity index is 2.06. The Hall–Kier alpha value is -2.62. The van der Waals surface area contributed by atoms with E-state index in [2.05, 4.69) is 15.2 Å². The predicted octanol–water partition coefficient (Wildman–Crippen LogP) is 4.60. The zero-order valence-electron chi connectivity index (χ0n) is 10.5. The van der Waals surface area contributed by atoms with Gasteiger partial charge in [0.2, 0.25) is 5.88 Å². The van der Waals surface area contributed by atoms with Crippen molar-refractivity contribution < 1.29 is 5.11 Å². The van der Waals surface area contributed by atoms with Gasteiger partial charge in [0.1, 0.15) is 0 Å². The summed E-state index contributed by atoms with van der Waals surface area (Å²) in [5, 5.41) is 19.1. The van der Waals surface area contributed by atoms with Crippen molar-refractivity contribution in [3.63, 3.8) is 0 Å². The molecular formula is C15H13N3O. The molecule has 19 heavy (non-hydrogen) atoms. The molecule has 0 bridgehead atoms. The highest BCUT2D eigenvalue weighted by Gasteiger charge is 2.09. The Labute approximate surface area is 110 Å². The van der Waals surface area contributed by atoms with Crippen LogP contribution in [0.3, 0.4) is 0 Å².